The van der Waals surface area contributed by atoms with Gasteiger partial charge in [0.1, 0.15) is 12.1 Å². The Morgan fingerprint density at radius 2 is 2.47 bits per heavy atom. The molecule has 0 amide bonds. The lowest BCUT2D eigenvalue weighted by molar-refractivity contribution is 0.574. The number of rotatable bonds is 5. The summed E-state index contributed by atoms with van der Waals surface area (Å²) in [7, 11) is 0. The van der Waals surface area contributed by atoms with Crippen molar-refractivity contribution in [1.82, 2.24) is 15.3 Å². The van der Waals surface area contributed by atoms with Crippen LogP contribution in [0.2, 0.25) is 0 Å². The molecule has 1 aliphatic heterocycles. The summed E-state index contributed by atoms with van der Waals surface area (Å²) >= 11 is 3.53. The number of nitrogens with zero attached hydrogens (tertiary/aromatic N) is 3. The number of halogens is 1. The Morgan fingerprint density at radius 3 is 3.12 bits per heavy atom. The van der Waals surface area contributed by atoms with Crippen LogP contribution in [-0.2, 0) is 0 Å². The van der Waals surface area contributed by atoms with Crippen molar-refractivity contribution in [3.63, 3.8) is 0 Å². The second-order valence-corrected chi connectivity index (χ2v) is 5.29. The predicted octanol–water partition coefficient (Wildman–Crippen LogP) is 2.21. The van der Waals surface area contributed by atoms with Crippen molar-refractivity contribution in [2.75, 3.05) is 24.5 Å². The van der Waals surface area contributed by atoms with Crippen molar-refractivity contribution in [3.05, 3.63) is 17.0 Å². The minimum absolute atomic E-state index is 0.600. The Labute approximate surface area is 111 Å². The van der Waals surface area contributed by atoms with E-state index in [2.05, 4.69) is 43.0 Å². The first-order chi connectivity index (χ1) is 8.31. The third-order valence-corrected chi connectivity index (χ3v) is 3.60. The van der Waals surface area contributed by atoms with Crippen LogP contribution >= 0.6 is 15.9 Å². The van der Waals surface area contributed by atoms with Gasteiger partial charge < -0.3 is 10.2 Å². The molecule has 1 aliphatic rings. The van der Waals surface area contributed by atoms with Gasteiger partial charge in [-0.2, -0.15) is 0 Å². The molecular weight excluding hydrogens is 280 g/mol. The van der Waals surface area contributed by atoms with Gasteiger partial charge in [0.05, 0.1) is 4.47 Å². The van der Waals surface area contributed by atoms with Crippen molar-refractivity contribution in [1.29, 1.82) is 0 Å². The lowest BCUT2D eigenvalue weighted by Crippen LogP contribution is -2.38. The molecule has 0 aromatic carbocycles. The summed E-state index contributed by atoms with van der Waals surface area (Å²) < 4.78 is 0.978. The molecule has 0 spiro atoms. The highest BCUT2D eigenvalue weighted by atomic mass is 79.9. The maximum atomic E-state index is 4.38. The van der Waals surface area contributed by atoms with Gasteiger partial charge in [-0.1, -0.05) is 6.92 Å². The molecule has 2 rings (SSSR count). The lowest BCUT2D eigenvalue weighted by atomic mass is 10.2. The third-order valence-electron chi connectivity index (χ3n) is 3.04. The summed E-state index contributed by atoms with van der Waals surface area (Å²) in [6.45, 7) is 5.41. The zero-order valence-electron chi connectivity index (χ0n) is 10.2. The standard InChI is InChI=1S/C12H19BrN4/c1-2-6-17(8-10-4-3-5-15-10)12-11(13)7-14-9-16-12/h7,9-10,15H,2-6,8H2,1H3. The molecule has 1 fully saturated rings. The van der Waals surface area contributed by atoms with E-state index < -0.39 is 0 Å². The molecule has 1 aromatic rings. The van der Waals surface area contributed by atoms with Crippen LogP contribution in [0.4, 0.5) is 5.82 Å². The molecule has 0 radical (unpaired) electrons. The summed E-state index contributed by atoms with van der Waals surface area (Å²) in [6, 6.07) is 0.600. The van der Waals surface area contributed by atoms with E-state index in [1.807, 2.05) is 6.20 Å². The Morgan fingerprint density at radius 1 is 1.59 bits per heavy atom. The van der Waals surface area contributed by atoms with Gasteiger partial charge in [0.25, 0.3) is 0 Å². The summed E-state index contributed by atoms with van der Waals surface area (Å²) in [5, 5.41) is 3.53. The van der Waals surface area contributed by atoms with Gasteiger partial charge in [0.15, 0.2) is 0 Å². The minimum atomic E-state index is 0.600. The van der Waals surface area contributed by atoms with Gasteiger partial charge in [-0.15, -0.1) is 0 Å². The van der Waals surface area contributed by atoms with E-state index in [1.165, 1.54) is 12.8 Å². The average Bonchev–Trinajstić information content (AvgIpc) is 2.82. The fourth-order valence-electron chi connectivity index (χ4n) is 2.27. The Bertz CT molecular complexity index is 352. The van der Waals surface area contributed by atoms with Gasteiger partial charge in [-0.05, 0) is 41.7 Å². The van der Waals surface area contributed by atoms with Crippen LogP contribution in [0.5, 0.6) is 0 Å². The Kier molecular flexibility index (Phi) is 4.74. The van der Waals surface area contributed by atoms with E-state index in [4.69, 9.17) is 0 Å². The van der Waals surface area contributed by atoms with Crippen LogP contribution < -0.4 is 10.2 Å². The van der Waals surface area contributed by atoms with E-state index in [-0.39, 0.29) is 0 Å². The molecule has 0 saturated carbocycles. The highest BCUT2D eigenvalue weighted by Crippen LogP contribution is 2.23. The fraction of sp³-hybridized carbons (Fsp3) is 0.667. The van der Waals surface area contributed by atoms with E-state index >= 15 is 0 Å². The molecule has 1 N–H and O–H groups in total. The molecule has 0 bridgehead atoms. The quantitative estimate of drug-likeness (QED) is 0.905. The molecule has 2 heterocycles. The number of nitrogens with one attached hydrogen (secondary N) is 1. The maximum absolute atomic E-state index is 4.38. The lowest BCUT2D eigenvalue weighted by Gasteiger charge is -2.27. The van der Waals surface area contributed by atoms with Gasteiger partial charge in [0, 0.05) is 25.3 Å². The Balaban J connectivity index is 2.08. The van der Waals surface area contributed by atoms with Crippen molar-refractivity contribution < 1.29 is 0 Å². The van der Waals surface area contributed by atoms with Crippen LogP contribution in [0.15, 0.2) is 17.0 Å². The number of hydrogen-bond acceptors (Lipinski definition) is 4. The average molecular weight is 299 g/mol. The van der Waals surface area contributed by atoms with Crippen LogP contribution in [0.1, 0.15) is 26.2 Å². The topological polar surface area (TPSA) is 41.0 Å². The molecular formula is C12H19BrN4. The SMILES string of the molecule is CCCN(CC1CCCN1)c1ncncc1Br. The molecule has 1 atom stereocenters. The minimum Gasteiger partial charge on any atom is -0.354 e. The van der Waals surface area contributed by atoms with Crippen LogP contribution in [-0.4, -0.2) is 35.6 Å². The maximum Gasteiger partial charge on any atom is 0.146 e. The van der Waals surface area contributed by atoms with E-state index in [1.54, 1.807) is 6.33 Å². The summed E-state index contributed by atoms with van der Waals surface area (Å²) in [4.78, 5) is 10.7. The summed E-state index contributed by atoms with van der Waals surface area (Å²) in [6.07, 6.45) is 7.11. The first-order valence-corrected chi connectivity index (χ1v) is 7.04. The van der Waals surface area contributed by atoms with Gasteiger partial charge in [-0.25, -0.2) is 9.97 Å². The largest absolute Gasteiger partial charge is 0.354 e. The van der Waals surface area contributed by atoms with E-state index in [0.29, 0.717) is 6.04 Å². The zero-order chi connectivity index (χ0) is 12.1. The molecule has 1 unspecified atom stereocenters. The van der Waals surface area contributed by atoms with Crippen molar-refractivity contribution in [2.24, 2.45) is 0 Å². The predicted molar refractivity (Wildman–Crippen MR) is 73.3 cm³/mol. The molecule has 94 valence electrons. The van der Waals surface area contributed by atoms with Gasteiger partial charge in [0.2, 0.25) is 0 Å². The normalized spacial score (nSPS) is 19.5. The molecule has 5 heteroatoms. The molecule has 17 heavy (non-hydrogen) atoms. The molecule has 4 nitrogen and oxygen atoms in total. The number of anilines is 1. The van der Waals surface area contributed by atoms with Gasteiger partial charge in [-0.3, -0.25) is 0 Å². The monoisotopic (exact) mass is 298 g/mol. The zero-order valence-corrected chi connectivity index (χ0v) is 11.8. The van der Waals surface area contributed by atoms with E-state index in [9.17, 15) is 0 Å². The number of hydrogen-bond donors (Lipinski definition) is 1. The van der Waals surface area contributed by atoms with Crippen LogP contribution in [0.3, 0.4) is 0 Å². The summed E-state index contributed by atoms with van der Waals surface area (Å²) in [5.41, 5.74) is 0. The van der Waals surface area contributed by atoms with Crippen molar-refractivity contribution >= 4 is 21.7 Å². The van der Waals surface area contributed by atoms with Crippen molar-refractivity contribution in [3.8, 4) is 0 Å². The fourth-order valence-corrected chi connectivity index (χ4v) is 2.74. The Hall–Kier alpha value is -0.680. The first kappa shape index (κ1) is 12.8. The second-order valence-electron chi connectivity index (χ2n) is 4.43. The second kappa shape index (κ2) is 6.31. The van der Waals surface area contributed by atoms with Crippen LogP contribution in [0, 0.1) is 0 Å². The molecule has 0 aliphatic carbocycles. The van der Waals surface area contributed by atoms with Gasteiger partial charge >= 0.3 is 0 Å². The van der Waals surface area contributed by atoms with Crippen molar-refractivity contribution in [2.45, 2.75) is 32.2 Å². The molecule has 1 aromatic heterocycles. The van der Waals surface area contributed by atoms with E-state index in [0.717, 1.165) is 36.3 Å². The smallest absolute Gasteiger partial charge is 0.146 e. The first-order valence-electron chi connectivity index (χ1n) is 6.25. The van der Waals surface area contributed by atoms with Crippen LogP contribution in [0.25, 0.3) is 0 Å². The molecule has 1 saturated heterocycles. The summed E-state index contributed by atoms with van der Waals surface area (Å²) in [5.74, 6) is 1.01. The third kappa shape index (κ3) is 3.39. The highest BCUT2D eigenvalue weighted by Gasteiger charge is 2.19. The highest BCUT2D eigenvalue weighted by molar-refractivity contribution is 9.10. The number of aromatic nitrogens is 2.